The van der Waals surface area contributed by atoms with Crippen molar-refractivity contribution in [1.29, 1.82) is 0 Å². The van der Waals surface area contributed by atoms with E-state index >= 15 is 0 Å². The largest absolute Gasteiger partial charge is 0.480 e. The molecule has 0 heterocycles. The lowest BCUT2D eigenvalue weighted by atomic mass is 10.2. The van der Waals surface area contributed by atoms with E-state index in [4.69, 9.17) is 14.9 Å². The highest BCUT2D eigenvalue weighted by molar-refractivity contribution is 5.82. The van der Waals surface area contributed by atoms with Crippen molar-refractivity contribution in [3.05, 3.63) is 0 Å². The number of amides is 2. The minimum atomic E-state index is -1.03. The van der Waals surface area contributed by atoms with Crippen LogP contribution in [0.25, 0.3) is 0 Å². The molecule has 1 atom stereocenters. The van der Waals surface area contributed by atoms with Crippen LogP contribution >= 0.6 is 0 Å². The molecule has 0 aliphatic carbocycles. The van der Waals surface area contributed by atoms with Gasteiger partial charge < -0.3 is 25.2 Å². The van der Waals surface area contributed by atoms with Crippen molar-refractivity contribution < 1.29 is 24.5 Å². The number of nitrogens with one attached hydrogen (secondary N) is 1. The number of ether oxygens (including phenoxy) is 1. The van der Waals surface area contributed by atoms with E-state index in [0.717, 1.165) is 0 Å². The van der Waals surface area contributed by atoms with Gasteiger partial charge in [0.2, 0.25) is 0 Å². The van der Waals surface area contributed by atoms with E-state index in [0.29, 0.717) is 26.0 Å². The quantitative estimate of drug-likeness (QED) is 0.503. The lowest BCUT2D eigenvalue weighted by molar-refractivity contribution is -0.139. The molecule has 0 aromatic heterocycles. The van der Waals surface area contributed by atoms with Crippen LogP contribution in [-0.2, 0) is 9.53 Å². The van der Waals surface area contributed by atoms with Gasteiger partial charge in [-0.05, 0) is 6.42 Å². The molecule has 7 heteroatoms. The van der Waals surface area contributed by atoms with Crippen LogP contribution in [0.15, 0.2) is 0 Å². The van der Waals surface area contributed by atoms with Gasteiger partial charge in [0.05, 0.1) is 19.8 Å². The standard InChI is InChI=1S/C11H22N2O5/c1-3-4-9(10(15)16)12-11(17)13(2)5-7-18-8-6-14/h9,14H,3-8H2,1-2H3,(H,12,17)(H,15,16). The fraction of sp³-hybridized carbons (Fsp3) is 0.818. The number of nitrogens with zero attached hydrogens (tertiary/aromatic N) is 1. The molecule has 0 aliphatic heterocycles. The van der Waals surface area contributed by atoms with Crippen molar-refractivity contribution in [1.82, 2.24) is 10.2 Å². The third kappa shape index (κ3) is 7.08. The maximum absolute atomic E-state index is 11.6. The van der Waals surface area contributed by atoms with E-state index in [-0.39, 0.29) is 13.2 Å². The molecule has 0 saturated carbocycles. The van der Waals surface area contributed by atoms with E-state index in [1.54, 1.807) is 7.05 Å². The Labute approximate surface area is 107 Å². The predicted octanol–water partition coefficient (Wildman–Crippen LogP) is -0.110. The van der Waals surface area contributed by atoms with Gasteiger partial charge in [-0.2, -0.15) is 0 Å². The topological polar surface area (TPSA) is 99.1 Å². The van der Waals surface area contributed by atoms with E-state index in [1.807, 2.05) is 6.92 Å². The van der Waals surface area contributed by atoms with Crippen molar-refractivity contribution in [2.24, 2.45) is 0 Å². The Morgan fingerprint density at radius 2 is 2.06 bits per heavy atom. The molecule has 3 N–H and O–H groups in total. The van der Waals surface area contributed by atoms with Crippen molar-refractivity contribution >= 4 is 12.0 Å². The Bertz CT molecular complexity index is 260. The van der Waals surface area contributed by atoms with E-state index in [9.17, 15) is 9.59 Å². The van der Waals surface area contributed by atoms with Gasteiger partial charge in [-0.3, -0.25) is 0 Å². The van der Waals surface area contributed by atoms with Gasteiger partial charge in [-0.1, -0.05) is 13.3 Å². The Morgan fingerprint density at radius 3 is 2.56 bits per heavy atom. The minimum Gasteiger partial charge on any atom is -0.480 e. The molecule has 0 aromatic carbocycles. The molecule has 0 fully saturated rings. The molecule has 0 spiro atoms. The number of hydrogen-bond donors (Lipinski definition) is 3. The SMILES string of the molecule is CCCC(NC(=O)N(C)CCOCCO)C(=O)O. The van der Waals surface area contributed by atoms with Crippen LogP contribution in [0.5, 0.6) is 0 Å². The highest BCUT2D eigenvalue weighted by Crippen LogP contribution is 1.98. The molecule has 2 amide bonds. The molecule has 0 saturated heterocycles. The van der Waals surface area contributed by atoms with Crippen molar-refractivity contribution in [2.45, 2.75) is 25.8 Å². The normalized spacial score (nSPS) is 11.9. The third-order valence-corrected chi connectivity index (χ3v) is 2.33. The van der Waals surface area contributed by atoms with E-state index in [1.165, 1.54) is 4.90 Å². The molecule has 18 heavy (non-hydrogen) atoms. The van der Waals surface area contributed by atoms with Crippen molar-refractivity contribution in [3.8, 4) is 0 Å². The second-order valence-corrected chi connectivity index (χ2v) is 3.89. The molecular weight excluding hydrogens is 240 g/mol. The maximum Gasteiger partial charge on any atom is 0.326 e. The van der Waals surface area contributed by atoms with Gasteiger partial charge in [-0.25, -0.2) is 9.59 Å². The van der Waals surface area contributed by atoms with E-state index in [2.05, 4.69) is 5.32 Å². The highest BCUT2D eigenvalue weighted by Gasteiger charge is 2.20. The third-order valence-electron chi connectivity index (χ3n) is 2.33. The van der Waals surface area contributed by atoms with Crippen molar-refractivity contribution in [2.75, 3.05) is 33.4 Å². The fourth-order valence-electron chi connectivity index (χ4n) is 1.27. The van der Waals surface area contributed by atoms with Crippen LogP contribution in [0.2, 0.25) is 0 Å². The first-order valence-corrected chi connectivity index (χ1v) is 5.96. The first-order valence-electron chi connectivity index (χ1n) is 5.96. The molecule has 7 nitrogen and oxygen atoms in total. The zero-order valence-corrected chi connectivity index (χ0v) is 10.9. The second-order valence-electron chi connectivity index (χ2n) is 3.89. The number of hydrogen-bond acceptors (Lipinski definition) is 4. The summed E-state index contributed by atoms with van der Waals surface area (Å²) in [5, 5.41) is 19.8. The molecule has 1 unspecified atom stereocenters. The van der Waals surface area contributed by atoms with Crippen LogP contribution in [0.4, 0.5) is 4.79 Å². The summed E-state index contributed by atoms with van der Waals surface area (Å²) in [4.78, 5) is 23.9. The van der Waals surface area contributed by atoms with Crippen LogP contribution < -0.4 is 5.32 Å². The zero-order valence-electron chi connectivity index (χ0n) is 10.9. The minimum absolute atomic E-state index is 0.0620. The summed E-state index contributed by atoms with van der Waals surface area (Å²) in [7, 11) is 1.56. The Balaban J connectivity index is 4.00. The van der Waals surface area contributed by atoms with Gasteiger partial charge in [0.1, 0.15) is 6.04 Å². The first kappa shape index (κ1) is 16.7. The molecule has 0 aliphatic rings. The summed E-state index contributed by atoms with van der Waals surface area (Å²) in [5.41, 5.74) is 0. The number of urea groups is 1. The number of rotatable bonds is 9. The Kier molecular flexibility index (Phi) is 8.95. The number of carbonyl (C=O) groups excluding carboxylic acids is 1. The number of carbonyl (C=O) groups is 2. The van der Waals surface area contributed by atoms with Gasteiger partial charge >= 0.3 is 12.0 Å². The second kappa shape index (κ2) is 9.67. The lowest BCUT2D eigenvalue weighted by Gasteiger charge is -2.21. The number of likely N-dealkylation sites (N-methyl/N-ethyl adjacent to an activating group) is 1. The van der Waals surface area contributed by atoms with Gasteiger partial charge in [0.25, 0.3) is 0 Å². The van der Waals surface area contributed by atoms with Crippen LogP contribution in [-0.4, -0.2) is 66.6 Å². The van der Waals surface area contributed by atoms with Crippen molar-refractivity contribution in [3.63, 3.8) is 0 Å². The fourth-order valence-corrected chi connectivity index (χ4v) is 1.27. The number of carboxylic acids is 1. The van der Waals surface area contributed by atoms with Crippen LogP contribution in [0, 0.1) is 0 Å². The van der Waals surface area contributed by atoms with Crippen LogP contribution in [0.1, 0.15) is 19.8 Å². The molecule has 0 bridgehead atoms. The number of aliphatic hydroxyl groups excluding tert-OH is 1. The summed E-state index contributed by atoms with van der Waals surface area (Å²) >= 11 is 0. The monoisotopic (exact) mass is 262 g/mol. The summed E-state index contributed by atoms with van der Waals surface area (Å²) in [6.45, 7) is 2.66. The summed E-state index contributed by atoms with van der Waals surface area (Å²) in [6, 6.07) is -1.30. The smallest absolute Gasteiger partial charge is 0.326 e. The molecule has 0 radical (unpaired) electrons. The van der Waals surface area contributed by atoms with Gasteiger partial charge in [0.15, 0.2) is 0 Å². The number of carboxylic acid groups (broad SMARTS) is 1. The summed E-state index contributed by atoms with van der Waals surface area (Å²) in [5.74, 6) is -1.03. The summed E-state index contributed by atoms with van der Waals surface area (Å²) in [6.07, 6.45) is 1.08. The van der Waals surface area contributed by atoms with Gasteiger partial charge in [-0.15, -0.1) is 0 Å². The Hall–Kier alpha value is -1.34. The number of aliphatic carboxylic acids is 1. The highest BCUT2D eigenvalue weighted by atomic mass is 16.5. The zero-order chi connectivity index (χ0) is 14.0. The summed E-state index contributed by atoms with van der Waals surface area (Å²) < 4.78 is 5.02. The van der Waals surface area contributed by atoms with E-state index < -0.39 is 18.0 Å². The van der Waals surface area contributed by atoms with Gasteiger partial charge in [0, 0.05) is 13.6 Å². The molecular formula is C11H22N2O5. The average Bonchev–Trinajstić information content (AvgIpc) is 2.33. The first-order chi connectivity index (χ1) is 8.52. The Morgan fingerprint density at radius 1 is 1.39 bits per heavy atom. The average molecular weight is 262 g/mol. The predicted molar refractivity (Wildman–Crippen MR) is 65.4 cm³/mol. The van der Waals surface area contributed by atoms with Crippen LogP contribution in [0.3, 0.4) is 0 Å². The molecule has 0 rings (SSSR count). The number of aliphatic hydroxyl groups is 1. The molecule has 106 valence electrons. The maximum atomic E-state index is 11.6. The molecule has 0 aromatic rings. The lowest BCUT2D eigenvalue weighted by Crippen LogP contribution is -2.47.